The Labute approximate surface area is 118 Å². The first kappa shape index (κ1) is 14.3. The van der Waals surface area contributed by atoms with E-state index < -0.39 is 5.54 Å². The van der Waals surface area contributed by atoms with E-state index in [0.717, 1.165) is 25.7 Å². The molecule has 1 aromatic carbocycles. The molecule has 6 heteroatoms. The van der Waals surface area contributed by atoms with Gasteiger partial charge in [0.2, 0.25) is 5.91 Å². The van der Waals surface area contributed by atoms with Gasteiger partial charge in [-0.25, -0.2) is 4.79 Å². The number of hydrogen-bond donors (Lipinski definition) is 4. The molecule has 3 amide bonds. The first-order chi connectivity index (χ1) is 9.53. The fourth-order valence-corrected chi connectivity index (χ4v) is 2.32. The molecule has 0 bridgehead atoms. The van der Waals surface area contributed by atoms with Crippen molar-refractivity contribution in [3.05, 3.63) is 24.3 Å². The maximum atomic E-state index is 12.1. The topological polar surface area (TPSA) is 96.2 Å². The molecule has 1 aromatic rings. The van der Waals surface area contributed by atoms with Crippen LogP contribution in [0.3, 0.4) is 0 Å². The normalized spacial score (nSPS) is 16.5. The molecule has 5 N–H and O–H groups in total. The zero-order chi connectivity index (χ0) is 14.6. The van der Waals surface area contributed by atoms with E-state index in [1.165, 1.54) is 0 Å². The second-order valence-corrected chi connectivity index (χ2v) is 5.10. The van der Waals surface area contributed by atoms with Crippen LogP contribution in [-0.2, 0) is 4.79 Å². The van der Waals surface area contributed by atoms with Crippen molar-refractivity contribution in [2.24, 2.45) is 5.73 Å². The van der Waals surface area contributed by atoms with Crippen molar-refractivity contribution in [2.75, 3.05) is 17.7 Å². The predicted octanol–water partition coefficient (Wildman–Crippen LogP) is 1.65. The van der Waals surface area contributed by atoms with Gasteiger partial charge in [-0.05, 0) is 37.1 Å². The standard InChI is InChI=1S/C14H20N4O2/c1-16-13(20)18-11-6-4-10(5-7-11)17-12(19)14(15)8-2-3-9-14/h4-7H,2-3,8-9,15H2,1H3,(H,17,19)(H2,16,18,20). The fraction of sp³-hybridized carbons (Fsp3) is 0.429. The molecule has 0 radical (unpaired) electrons. The predicted molar refractivity (Wildman–Crippen MR) is 78.5 cm³/mol. The van der Waals surface area contributed by atoms with E-state index >= 15 is 0 Å². The van der Waals surface area contributed by atoms with Gasteiger partial charge in [0.1, 0.15) is 0 Å². The minimum atomic E-state index is -0.737. The summed E-state index contributed by atoms with van der Waals surface area (Å²) in [6, 6.07) is 6.64. The van der Waals surface area contributed by atoms with E-state index in [9.17, 15) is 9.59 Å². The Morgan fingerprint density at radius 1 is 1.05 bits per heavy atom. The minimum absolute atomic E-state index is 0.137. The van der Waals surface area contributed by atoms with Gasteiger partial charge in [-0.15, -0.1) is 0 Å². The van der Waals surface area contributed by atoms with Gasteiger partial charge in [0.05, 0.1) is 5.54 Å². The highest BCUT2D eigenvalue weighted by atomic mass is 16.2. The van der Waals surface area contributed by atoms with Gasteiger partial charge in [-0.3, -0.25) is 4.79 Å². The van der Waals surface area contributed by atoms with Gasteiger partial charge in [0, 0.05) is 18.4 Å². The Bertz CT molecular complexity index is 492. The second kappa shape index (κ2) is 5.92. The van der Waals surface area contributed by atoms with Gasteiger partial charge in [0.15, 0.2) is 0 Å². The highest BCUT2D eigenvalue weighted by Crippen LogP contribution is 2.28. The summed E-state index contributed by atoms with van der Waals surface area (Å²) in [6.45, 7) is 0. The van der Waals surface area contributed by atoms with Crippen LogP contribution in [-0.4, -0.2) is 24.5 Å². The third-order valence-corrected chi connectivity index (χ3v) is 3.58. The van der Waals surface area contributed by atoms with Crippen molar-refractivity contribution in [1.29, 1.82) is 0 Å². The number of urea groups is 1. The molecule has 0 atom stereocenters. The van der Waals surface area contributed by atoms with Crippen molar-refractivity contribution in [3.8, 4) is 0 Å². The number of rotatable bonds is 3. The maximum absolute atomic E-state index is 12.1. The van der Waals surface area contributed by atoms with Crippen molar-refractivity contribution in [3.63, 3.8) is 0 Å². The fourth-order valence-electron chi connectivity index (χ4n) is 2.32. The number of benzene rings is 1. The summed E-state index contributed by atoms with van der Waals surface area (Å²) in [6.07, 6.45) is 3.46. The van der Waals surface area contributed by atoms with Crippen LogP contribution in [0.15, 0.2) is 24.3 Å². The lowest BCUT2D eigenvalue weighted by Gasteiger charge is -2.22. The van der Waals surface area contributed by atoms with Gasteiger partial charge < -0.3 is 21.7 Å². The lowest BCUT2D eigenvalue weighted by Crippen LogP contribution is -2.48. The highest BCUT2D eigenvalue weighted by Gasteiger charge is 2.36. The van der Waals surface area contributed by atoms with Gasteiger partial charge in [-0.2, -0.15) is 0 Å². The maximum Gasteiger partial charge on any atom is 0.318 e. The van der Waals surface area contributed by atoms with Crippen molar-refractivity contribution < 1.29 is 9.59 Å². The Morgan fingerprint density at radius 2 is 1.55 bits per heavy atom. The summed E-state index contributed by atoms with van der Waals surface area (Å²) >= 11 is 0. The SMILES string of the molecule is CNC(=O)Nc1ccc(NC(=O)C2(N)CCCC2)cc1. The third-order valence-electron chi connectivity index (χ3n) is 3.58. The average molecular weight is 276 g/mol. The van der Waals surface area contributed by atoms with Crippen LogP contribution in [0.2, 0.25) is 0 Å². The number of hydrogen-bond acceptors (Lipinski definition) is 3. The lowest BCUT2D eigenvalue weighted by molar-refractivity contribution is -0.121. The number of nitrogens with one attached hydrogen (secondary N) is 3. The van der Waals surface area contributed by atoms with Gasteiger partial charge in [-0.1, -0.05) is 12.8 Å². The van der Waals surface area contributed by atoms with E-state index in [-0.39, 0.29) is 11.9 Å². The highest BCUT2D eigenvalue weighted by molar-refractivity contribution is 5.98. The van der Waals surface area contributed by atoms with Crippen molar-refractivity contribution in [2.45, 2.75) is 31.2 Å². The van der Waals surface area contributed by atoms with Crippen LogP contribution in [0.5, 0.6) is 0 Å². The molecule has 1 fully saturated rings. The Morgan fingerprint density at radius 3 is 2.05 bits per heavy atom. The zero-order valence-corrected chi connectivity index (χ0v) is 11.5. The molecule has 0 aromatic heterocycles. The summed E-state index contributed by atoms with van der Waals surface area (Å²) in [4.78, 5) is 23.3. The molecule has 6 nitrogen and oxygen atoms in total. The average Bonchev–Trinajstić information content (AvgIpc) is 2.89. The molecule has 0 aliphatic heterocycles. The lowest BCUT2D eigenvalue weighted by atomic mass is 9.98. The smallest absolute Gasteiger partial charge is 0.318 e. The second-order valence-electron chi connectivity index (χ2n) is 5.10. The quantitative estimate of drug-likeness (QED) is 0.676. The number of nitrogens with two attached hydrogens (primary N) is 1. The molecular weight excluding hydrogens is 256 g/mol. The zero-order valence-electron chi connectivity index (χ0n) is 11.5. The summed E-state index contributed by atoms with van der Waals surface area (Å²) in [5.41, 5.74) is 6.68. The van der Waals surface area contributed by atoms with Gasteiger partial charge >= 0.3 is 6.03 Å². The first-order valence-electron chi connectivity index (χ1n) is 6.73. The Balaban J connectivity index is 1.96. The number of anilines is 2. The molecule has 1 aliphatic rings. The van der Waals surface area contributed by atoms with E-state index in [4.69, 9.17) is 5.73 Å². The molecule has 20 heavy (non-hydrogen) atoms. The molecule has 0 heterocycles. The number of carbonyl (C=O) groups excluding carboxylic acids is 2. The number of amides is 3. The van der Waals surface area contributed by atoms with E-state index in [1.54, 1.807) is 31.3 Å². The van der Waals surface area contributed by atoms with Crippen molar-refractivity contribution in [1.82, 2.24) is 5.32 Å². The first-order valence-corrected chi connectivity index (χ1v) is 6.73. The Hall–Kier alpha value is -2.08. The van der Waals surface area contributed by atoms with Gasteiger partial charge in [0.25, 0.3) is 0 Å². The van der Waals surface area contributed by atoms with Crippen molar-refractivity contribution >= 4 is 23.3 Å². The summed E-state index contributed by atoms with van der Waals surface area (Å²) in [7, 11) is 1.55. The monoisotopic (exact) mass is 276 g/mol. The molecule has 0 saturated heterocycles. The van der Waals surface area contributed by atoms with Crippen LogP contribution in [0.1, 0.15) is 25.7 Å². The van der Waals surface area contributed by atoms with Crippen LogP contribution >= 0.6 is 0 Å². The molecule has 2 rings (SSSR count). The minimum Gasteiger partial charge on any atom is -0.341 e. The van der Waals surface area contributed by atoms with E-state index in [0.29, 0.717) is 11.4 Å². The summed E-state index contributed by atoms with van der Waals surface area (Å²) in [5, 5.41) is 7.94. The molecule has 1 saturated carbocycles. The molecule has 108 valence electrons. The molecule has 1 aliphatic carbocycles. The number of carbonyl (C=O) groups is 2. The van der Waals surface area contributed by atoms with E-state index in [2.05, 4.69) is 16.0 Å². The Kier molecular flexibility index (Phi) is 4.24. The summed E-state index contributed by atoms with van der Waals surface area (Å²) < 4.78 is 0. The summed E-state index contributed by atoms with van der Waals surface area (Å²) in [5.74, 6) is -0.137. The van der Waals surface area contributed by atoms with Crippen LogP contribution in [0, 0.1) is 0 Å². The molecule has 0 unspecified atom stereocenters. The molecule has 0 spiro atoms. The molecular formula is C14H20N4O2. The van der Waals surface area contributed by atoms with Crippen LogP contribution in [0.25, 0.3) is 0 Å². The van der Waals surface area contributed by atoms with Crippen LogP contribution in [0.4, 0.5) is 16.2 Å². The largest absolute Gasteiger partial charge is 0.341 e. The third kappa shape index (κ3) is 3.27. The van der Waals surface area contributed by atoms with E-state index in [1.807, 2.05) is 0 Å². The van der Waals surface area contributed by atoms with Crippen LogP contribution < -0.4 is 21.7 Å².